The molecular weight excluding hydrogens is 427 g/mol. The SMILES string of the molecule is O=C(OCC1c2ccccc2-c2ccccc21)N1C2C=C(CCC(F)=C(F)F)CC1CCC2. The first-order valence-corrected chi connectivity index (χ1v) is 11.6. The summed E-state index contributed by atoms with van der Waals surface area (Å²) >= 11 is 0. The van der Waals surface area contributed by atoms with Gasteiger partial charge in [-0.1, -0.05) is 60.2 Å². The molecule has 33 heavy (non-hydrogen) atoms. The maximum atomic E-state index is 13.3. The summed E-state index contributed by atoms with van der Waals surface area (Å²) in [7, 11) is 0. The van der Waals surface area contributed by atoms with E-state index < -0.39 is 11.9 Å². The van der Waals surface area contributed by atoms with E-state index in [2.05, 4.69) is 24.3 Å². The van der Waals surface area contributed by atoms with E-state index in [9.17, 15) is 18.0 Å². The number of carbonyl (C=O) groups is 1. The van der Waals surface area contributed by atoms with E-state index in [0.29, 0.717) is 6.42 Å². The highest BCUT2D eigenvalue weighted by Gasteiger charge is 2.38. The fourth-order valence-electron chi connectivity index (χ4n) is 5.62. The fraction of sp³-hybridized carbons (Fsp3) is 0.370. The van der Waals surface area contributed by atoms with Crippen LogP contribution in [0.5, 0.6) is 0 Å². The summed E-state index contributed by atoms with van der Waals surface area (Å²) in [6, 6.07) is 16.3. The van der Waals surface area contributed by atoms with Crippen LogP contribution in [-0.4, -0.2) is 29.7 Å². The maximum absolute atomic E-state index is 13.3. The zero-order valence-corrected chi connectivity index (χ0v) is 18.3. The van der Waals surface area contributed by atoms with Crippen LogP contribution in [-0.2, 0) is 4.74 Å². The molecule has 2 atom stereocenters. The summed E-state index contributed by atoms with van der Waals surface area (Å²) in [5, 5.41) is 0. The number of rotatable bonds is 5. The molecule has 1 amide bonds. The number of nitrogens with zero attached hydrogens (tertiary/aromatic N) is 1. The summed E-state index contributed by atoms with van der Waals surface area (Å²) in [4.78, 5) is 15.0. The van der Waals surface area contributed by atoms with Crippen molar-refractivity contribution in [2.24, 2.45) is 0 Å². The predicted molar refractivity (Wildman–Crippen MR) is 121 cm³/mol. The Kier molecular flexibility index (Phi) is 6.00. The smallest absolute Gasteiger partial charge is 0.410 e. The molecule has 0 saturated carbocycles. The van der Waals surface area contributed by atoms with Crippen molar-refractivity contribution in [1.82, 2.24) is 4.90 Å². The minimum Gasteiger partial charge on any atom is -0.448 e. The Morgan fingerprint density at radius 2 is 1.64 bits per heavy atom. The van der Waals surface area contributed by atoms with Gasteiger partial charge in [0.25, 0.3) is 0 Å². The van der Waals surface area contributed by atoms with Gasteiger partial charge in [-0.15, -0.1) is 0 Å². The van der Waals surface area contributed by atoms with Crippen LogP contribution in [0.15, 0.2) is 72.1 Å². The van der Waals surface area contributed by atoms with Crippen LogP contribution < -0.4 is 0 Å². The lowest BCUT2D eigenvalue weighted by atomic mass is 9.84. The quantitative estimate of drug-likeness (QED) is 0.443. The van der Waals surface area contributed by atoms with Crippen molar-refractivity contribution in [2.45, 2.75) is 56.5 Å². The standard InChI is InChI=1S/C27H26F3NO2/c28-25(26(29)30)13-12-17-14-18-6-5-7-19(15-17)31(18)27(32)33-16-24-22-10-3-1-8-20(22)21-9-2-4-11-23(21)24/h1-4,8-11,14,18-19,24H,5-7,12-13,15-16H2. The third kappa shape index (κ3) is 4.19. The van der Waals surface area contributed by atoms with Gasteiger partial charge in [0.1, 0.15) is 6.61 Å². The molecule has 1 aliphatic carbocycles. The molecule has 1 saturated heterocycles. The number of halogens is 3. The molecule has 6 heteroatoms. The molecule has 2 aromatic carbocycles. The maximum Gasteiger partial charge on any atom is 0.410 e. The molecule has 172 valence electrons. The lowest BCUT2D eigenvalue weighted by molar-refractivity contribution is 0.0507. The van der Waals surface area contributed by atoms with Crippen LogP contribution in [0.25, 0.3) is 11.1 Å². The third-order valence-electron chi connectivity index (χ3n) is 7.13. The van der Waals surface area contributed by atoms with Gasteiger partial charge in [0.2, 0.25) is 0 Å². The highest BCUT2D eigenvalue weighted by Crippen LogP contribution is 2.45. The molecule has 1 fully saturated rings. The fourth-order valence-corrected chi connectivity index (χ4v) is 5.62. The van der Waals surface area contributed by atoms with Crippen molar-refractivity contribution in [3.05, 3.63) is 83.2 Å². The van der Waals surface area contributed by atoms with Crippen LogP contribution >= 0.6 is 0 Å². The number of benzene rings is 2. The molecule has 0 radical (unpaired) electrons. The van der Waals surface area contributed by atoms with E-state index in [-0.39, 0.29) is 43.5 Å². The molecule has 2 bridgehead atoms. The molecule has 2 aromatic rings. The van der Waals surface area contributed by atoms with E-state index in [1.54, 1.807) is 0 Å². The summed E-state index contributed by atoms with van der Waals surface area (Å²) in [5.74, 6) is -1.34. The molecule has 0 spiro atoms. The topological polar surface area (TPSA) is 29.5 Å². The molecule has 2 heterocycles. The van der Waals surface area contributed by atoms with Gasteiger partial charge >= 0.3 is 12.2 Å². The van der Waals surface area contributed by atoms with E-state index in [1.807, 2.05) is 35.2 Å². The van der Waals surface area contributed by atoms with Crippen molar-refractivity contribution < 1.29 is 22.7 Å². The van der Waals surface area contributed by atoms with Crippen LogP contribution in [0.3, 0.4) is 0 Å². The van der Waals surface area contributed by atoms with Gasteiger partial charge in [-0.3, -0.25) is 4.90 Å². The van der Waals surface area contributed by atoms with Crippen LogP contribution in [0.2, 0.25) is 0 Å². The summed E-state index contributed by atoms with van der Waals surface area (Å²) in [6.45, 7) is 0.269. The molecule has 2 unspecified atom stereocenters. The normalized spacial score (nSPS) is 21.2. The van der Waals surface area contributed by atoms with Gasteiger partial charge in [0.15, 0.2) is 5.83 Å². The van der Waals surface area contributed by atoms with Crippen LogP contribution in [0.1, 0.15) is 55.6 Å². The Labute approximate surface area is 191 Å². The molecule has 2 aliphatic heterocycles. The van der Waals surface area contributed by atoms with Crippen LogP contribution in [0.4, 0.5) is 18.0 Å². The van der Waals surface area contributed by atoms with E-state index in [1.165, 1.54) is 22.3 Å². The molecule has 0 N–H and O–H groups in total. The molecule has 3 nitrogen and oxygen atoms in total. The van der Waals surface area contributed by atoms with Gasteiger partial charge in [-0.05, 0) is 54.4 Å². The van der Waals surface area contributed by atoms with Gasteiger partial charge in [0.05, 0.1) is 6.04 Å². The molecular formula is C27H26F3NO2. The highest BCUT2D eigenvalue weighted by atomic mass is 19.3. The summed E-state index contributed by atoms with van der Waals surface area (Å²) in [5.41, 5.74) is 5.65. The summed E-state index contributed by atoms with van der Waals surface area (Å²) in [6.07, 6.45) is 2.58. The minimum atomic E-state index is -2.24. The second-order valence-corrected chi connectivity index (χ2v) is 9.06. The van der Waals surface area contributed by atoms with Crippen molar-refractivity contribution >= 4 is 6.09 Å². The first-order valence-electron chi connectivity index (χ1n) is 11.6. The zero-order valence-electron chi connectivity index (χ0n) is 18.3. The van der Waals surface area contributed by atoms with Crippen LogP contribution in [0, 0.1) is 0 Å². The minimum absolute atomic E-state index is 0.00226. The number of allylic oxidation sites excluding steroid dienone is 1. The van der Waals surface area contributed by atoms with Crippen molar-refractivity contribution in [3.8, 4) is 11.1 Å². The number of carbonyl (C=O) groups excluding carboxylic acids is 1. The monoisotopic (exact) mass is 453 g/mol. The number of ether oxygens (including phenoxy) is 1. The average Bonchev–Trinajstić information content (AvgIpc) is 3.14. The van der Waals surface area contributed by atoms with Crippen molar-refractivity contribution in [3.63, 3.8) is 0 Å². The van der Waals surface area contributed by atoms with E-state index >= 15 is 0 Å². The number of amides is 1. The highest BCUT2D eigenvalue weighted by molar-refractivity contribution is 5.79. The van der Waals surface area contributed by atoms with Crippen molar-refractivity contribution in [2.75, 3.05) is 6.61 Å². The lowest BCUT2D eigenvalue weighted by Gasteiger charge is -2.44. The average molecular weight is 454 g/mol. The Morgan fingerprint density at radius 3 is 2.27 bits per heavy atom. The number of hydrogen-bond donors (Lipinski definition) is 0. The number of fused-ring (bicyclic) bond motifs is 5. The van der Waals surface area contributed by atoms with Gasteiger partial charge in [-0.25, -0.2) is 9.18 Å². The Bertz CT molecular complexity index is 1080. The van der Waals surface area contributed by atoms with E-state index in [4.69, 9.17) is 4.74 Å². The predicted octanol–water partition coefficient (Wildman–Crippen LogP) is 7.35. The number of hydrogen-bond acceptors (Lipinski definition) is 2. The lowest BCUT2D eigenvalue weighted by Crippen LogP contribution is -2.52. The first kappa shape index (κ1) is 21.8. The van der Waals surface area contributed by atoms with Gasteiger partial charge in [0, 0.05) is 18.4 Å². The Balaban J connectivity index is 1.29. The number of piperidine rings is 1. The zero-order chi connectivity index (χ0) is 22.9. The van der Waals surface area contributed by atoms with E-state index in [0.717, 1.165) is 24.8 Å². The molecule has 5 rings (SSSR count). The van der Waals surface area contributed by atoms with Gasteiger partial charge < -0.3 is 4.74 Å². The second-order valence-electron chi connectivity index (χ2n) is 9.06. The van der Waals surface area contributed by atoms with Gasteiger partial charge in [-0.2, -0.15) is 8.78 Å². The Hall–Kier alpha value is -3.02. The third-order valence-corrected chi connectivity index (χ3v) is 7.13. The largest absolute Gasteiger partial charge is 0.448 e. The first-order chi connectivity index (χ1) is 16.0. The Morgan fingerprint density at radius 1 is 0.970 bits per heavy atom. The molecule has 3 aliphatic rings. The second kappa shape index (κ2) is 9.08. The summed E-state index contributed by atoms with van der Waals surface area (Å²) < 4.78 is 43.9. The molecule has 0 aromatic heterocycles. The van der Waals surface area contributed by atoms with Crippen molar-refractivity contribution in [1.29, 1.82) is 0 Å².